The van der Waals surface area contributed by atoms with Crippen LogP contribution in [0.15, 0.2) is 21.7 Å². The highest BCUT2D eigenvalue weighted by atomic mass is 16.3. The van der Waals surface area contributed by atoms with Crippen molar-refractivity contribution in [3.8, 4) is 0 Å². The van der Waals surface area contributed by atoms with Crippen molar-refractivity contribution >= 4 is 11.9 Å². The number of amides is 1. The number of carbonyl (C=O) groups excluding carboxylic acids is 1. The molecule has 92 valence electrons. The van der Waals surface area contributed by atoms with Crippen molar-refractivity contribution in [1.82, 2.24) is 9.80 Å². The maximum absolute atomic E-state index is 11.9. The van der Waals surface area contributed by atoms with E-state index in [1.165, 1.54) is 4.90 Å². The minimum atomic E-state index is -0.450. The second-order valence-electron chi connectivity index (χ2n) is 4.47. The fourth-order valence-corrected chi connectivity index (χ4v) is 1.96. The van der Waals surface area contributed by atoms with Gasteiger partial charge in [-0.3, -0.25) is 19.6 Å². The van der Waals surface area contributed by atoms with Crippen LogP contribution in [0.3, 0.4) is 0 Å². The van der Waals surface area contributed by atoms with Crippen molar-refractivity contribution in [1.29, 1.82) is 0 Å². The SMILES string of the molecule is CC(C)CN1C2=NCCN2C(=O)C(N=O)=C1N. The van der Waals surface area contributed by atoms with Crippen LogP contribution in [-0.4, -0.2) is 41.3 Å². The number of nitrogens with two attached hydrogens (primary N) is 1. The zero-order chi connectivity index (χ0) is 12.6. The van der Waals surface area contributed by atoms with Crippen molar-refractivity contribution in [3.63, 3.8) is 0 Å². The largest absolute Gasteiger partial charge is 0.383 e. The summed E-state index contributed by atoms with van der Waals surface area (Å²) in [6.07, 6.45) is 0. The summed E-state index contributed by atoms with van der Waals surface area (Å²) in [5, 5.41) is 2.74. The van der Waals surface area contributed by atoms with Crippen LogP contribution >= 0.6 is 0 Å². The van der Waals surface area contributed by atoms with Crippen molar-refractivity contribution in [2.24, 2.45) is 21.8 Å². The third-order valence-corrected chi connectivity index (χ3v) is 2.68. The molecule has 2 aliphatic rings. The van der Waals surface area contributed by atoms with Crippen LogP contribution in [0.4, 0.5) is 0 Å². The van der Waals surface area contributed by atoms with Crippen molar-refractivity contribution in [2.45, 2.75) is 13.8 Å². The van der Waals surface area contributed by atoms with E-state index in [0.717, 1.165) is 0 Å². The molecule has 2 N–H and O–H groups in total. The van der Waals surface area contributed by atoms with Gasteiger partial charge in [-0.15, -0.1) is 4.91 Å². The molecule has 0 atom stereocenters. The summed E-state index contributed by atoms with van der Waals surface area (Å²) in [6, 6.07) is 0. The maximum Gasteiger partial charge on any atom is 0.286 e. The molecule has 1 amide bonds. The maximum atomic E-state index is 11.9. The van der Waals surface area contributed by atoms with Crippen LogP contribution in [0.2, 0.25) is 0 Å². The highest BCUT2D eigenvalue weighted by molar-refractivity contribution is 6.09. The van der Waals surface area contributed by atoms with Crippen LogP contribution in [0.5, 0.6) is 0 Å². The number of hydrogen-bond donors (Lipinski definition) is 1. The highest BCUT2D eigenvalue weighted by Gasteiger charge is 2.39. The molecule has 0 aromatic carbocycles. The van der Waals surface area contributed by atoms with E-state index in [1.807, 2.05) is 13.8 Å². The van der Waals surface area contributed by atoms with E-state index in [0.29, 0.717) is 31.5 Å². The first kappa shape index (κ1) is 11.6. The van der Waals surface area contributed by atoms with E-state index >= 15 is 0 Å². The molecule has 0 fully saturated rings. The molecule has 2 aliphatic heterocycles. The summed E-state index contributed by atoms with van der Waals surface area (Å²) in [4.78, 5) is 30.0. The average molecular weight is 237 g/mol. The molecule has 7 heteroatoms. The molecule has 2 heterocycles. The Morgan fingerprint density at radius 3 is 2.82 bits per heavy atom. The lowest BCUT2D eigenvalue weighted by atomic mass is 10.2. The van der Waals surface area contributed by atoms with Gasteiger partial charge in [0.25, 0.3) is 5.91 Å². The van der Waals surface area contributed by atoms with E-state index < -0.39 is 5.91 Å². The number of carbonyl (C=O) groups is 1. The Bertz CT molecular complexity index is 426. The Kier molecular flexibility index (Phi) is 2.83. The summed E-state index contributed by atoms with van der Waals surface area (Å²) in [5.41, 5.74) is 5.60. The fourth-order valence-electron chi connectivity index (χ4n) is 1.96. The van der Waals surface area contributed by atoms with Crippen LogP contribution in [0.1, 0.15) is 13.8 Å². The minimum Gasteiger partial charge on any atom is -0.383 e. The van der Waals surface area contributed by atoms with E-state index in [4.69, 9.17) is 5.73 Å². The Morgan fingerprint density at radius 2 is 2.24 bits per heavy atom. The quantitative estimate of drug-likeness (QED) is 0.702. The molecule has 2 rings (SSSR count). The lowest BCUT2D eigenvalue weighted by Gasteiger charge is -2.34. The molecule has 0 bridgehead atoms. The van der Waals surface area contributed by atoms with Gasteiger partial charge in [-0.1, -0.05) is 13.8 Å². The summed E-state index contributed by atoms with van der Waals surface area (Å²) < 4.78 is 0. The molecular weight excluding hydrogens is 222 g/mol. The number of rotatable bonds is 3. The van der Waals surface area contributed by atoms with Crippen LogP contribution in [-0.2, 0) is 4.79 Å². The monoisotopic (exact) mass is 237 g/mol. The zero-order valence-corrected chi connectivity index (χ0v) is 9.88. The van der Waals surface area contributed by atoms with Crippen molar-refractivity contribution < 1.29 is 4.79 Å². The van der Waals surface area contributed by atoms with Gasteiger partial charge in [0.15, 0.2) is 0 Å². The molecule has 0 spiro atoms. The number of hydrogen-bond acceptors (Lipinski definition) is 6. The van der Waals surface area contributed by atoms with Gasteiger partial charge in [0.2, 0.25) is 11.7 Å². The van der Waals surface area contributed by atoms with Crippen LogP contribution in [0, 0.1) is 10.8 Å². The lowest BCUT2D eigenvalue weighted by molar-refractivity contribution is -0.124. The topological polar surface area (TPSA) is 91.4 Å². The first-order valence-corrected chi connectivity index (χ1v) is 5.53. The Hall–Kier alpha value is -1.92. The fraction of sp³-hybridized carbons (Fsp3) is 0.600. The highest BCUT2D eigenvalue weighted by Crippen LogP contribution is 2.23. The Morgan fingerprint density at radius 1 is 1.53 bits per heavy atom. The molecule has 0 radical (unpaired) electrons. The third kappa shape index (κ3) is 1.77. The number of guanidine groups is 1. The zero-order valence-electron chi connectivity index (χ0n) is 9.88. The van der Waals surface area contributed by atoms with E-state index in [9.17, 15) is 9.70 Å². The van der Waals surface area contributed by atoms with Crippen molar-refractivity contribution in [2.75, 3.05) is 19.6 Å². The molecule has 0 aliphatic carbocycles. The number of fused-ring (bicyclic) bond motifs is 1. The second kappa shape index (κ2) is 4.15. The summed E-state index contributed by atoms with van der Waals surface area (Å²) >= 11 is 0. The van der Waals surface area contributed by atoms with Gasteiger partial charge >= 0.3 is 0 Å². The van der Waals surface area contributed by atoms with Gasteiger partial charge in [-0.05, 0) is 11.1 Å². The van der Waals surface area contributed by atoms with Gasteiger partial charge < -0.3 is 5.73 Å². The summed E-state index contributed by atoms with van der Waals surface area (Å²) in [5.74, 6) is 0.526. The van der Waals surface area contributed by atoms with Crippen LogP contribution < -0.4 is 5.73 Å². The normalized spacial score (nSPS) is 19.9. The molecule has 0 unspecified atom stereocenters. The molecule has 0 aromatic heterocycles. The van der Waals surface area contributed by atoms with Gasteiger partial charge in [0.1, 0.15) is 5.82 Å². The van der Waals surface area contributed by atoms with Crippen molar-refractivity contribution in [3.05, 3.63) is 16.4 Å². The average Bonchev–Trinajstić information content (AvgIpc) is 2.73. The number of nitrogens with zero attached hydrogens (tertiary/aromatic N) is 4. The number of aliphatic imine (C=N–C) groups is 1. The van der Waals surface area contributed by atoms with E-state index in [2.05, 4.69) is 10.2 Å². The molecule has 0 saturated heterocycles. The predicted molar refractivity (Wildman–Crippen MR) is 62.6 cm³/mol. The molecular formula is C10H15N5O2. The number of nitroso groups, excluding NO2 is 1. The molecule has 0 saturated carbocycles. The first-order chi connectivity index (χ1) is 8.06. The van der Waals surface area contributed by atoms with Gasteiger partial charge in [-0.2, -0.15) is 0 Å². The predicted octanol–water partition coefficient (Wildman–Crippen LogP) is 0.0504. The lowest BCUT2D eigenvalue weighted by Crippen LogP contribution is -2.52. The van der Waals surface area contributed by atoms with Gasteiger partial charge in [0, 0.05) is 13.1 Å². The Balaban J connectivity index is 2.43. The third-order valence-electron chi connectivity index (χ3n) is 2.68. The first-order valence-electron chi connectivity index (χ1n) is 5.53. The van der Waals surface area contributed by atoms with Gasteiger partial charge in [-0.25, -0.2) is 0 Å². The van der Waals surface area contributed by atoms with E-state index in [1.54, 1.807) is 4.90 Å². The standard InChI is InChI=1S/C10H15N5O2/c1-6(2)5-15-8(11)7(13-17)9(16)14-4-3-12-10(14)15/h6H,3-5,11H2,1-2H3. The summed E-state index contributed by atoms with van der Waals surface area (Å²) in [7, 11) is 0. The molecule has 0 aromatic rings. The molecule has 7 nitrogen and oxygen atoms in total. The van der Waals surface area contributed by atoms with E-state index in [-0.39, 0.29) is 11.5 Å². The van der Waals surface area contributed by atoms with Gasteiger partial charge in [0.05, 0.1) is 6.54 Å². The smallest absolute Gasteiger partial charge is 0.286 e. The van der Waals surface area contributed by atoms with Crippen LogP contribution in [0.25, 0.3) is 0 Å². The Labute approximate surface area is 98.9 Å². The summed E-state index contributed by atoms with van der Waals surface area (Å²) in [6.45, 7) is 5.67. The second-order valence-corrected chi connectivity index (χ2v) is 4.47. The molecule has 17 heavy (non-hydrogen) atoms. The minimum absolute atomic E-state index is 0.107.